The van der Waals surface area contributed by atoms with Crippen LogP contribution >= 0.6 is 12.4 Å². The van der Waals surface area contributed by atoms with E-state index in [2.05, 4.69) is 5.32 Å². The lowest BCUT2D eigenvalue weighted by atomic mass is 10.1. The normalized spacial score (nSPS) is 13.9. The molecule has 4 N–H and O–H groups in total. The Bertz CT molecular complexity index is 168. The molecule has 0 bridgehead atoms. The average molecular weight is 239 g/mol. The van der Waals surface area contributed by atoms with Crippen LogP contribution in [0.1, 0.15) is 39.5 Å². The molecule has 0 heterocycles. The lowest BCUT2D eigenvalue weighted by Gasteiger charge is -2.12. The fourth-order valence-corrected chi connectivity index (χ4v) is 1.14. The van der Waals surface area contributed by atoms with Crippen LogP contribution in [0.15, 0.2) is 0 Å². The van der Waals surface area contributed by atoms with Gasteiger partial charge < -0.3 is 16.2 Å². The van der Waals surface area contributed by atoms with Gasteiger partial charge in [-0.05, 0) is 19.3 Å². The summed E-state index contributed by atoms with van der Waals surface area (Å²) in [6.07, 6.45) is 2.62. The van der Waals surface area contributed by atoms with Crippen LogP contribution in [0, 0.1) is 0 Å². The molecule has 1 amide bonds. The number of hydrogen-bond acceptors (Lipinski definition) is 3. The van der Waals surface area contributed by atoms with E-state index in [-0.39, 0.29) is 24.4 Å². The highest BCUT2D eigenvalue weighted by atomic mass is 35.5. The van der Waals surface area contributed by atoms with Crippen molar-refractivity contribution in [2.45, 2.75) is 51.7 Å². The minimum Gasteiger partial charge on any atom is -0.393 e. The molecule has 0 fully saturated rings. The van der Waals surface area contributed by atoms with Crippen molar-refractivity contribution in [2.24, 2.45) is 5.73 Å². The van der Waals surface area contributed by atoms with Gasteiger partial charge in [-0.3, -0.25) is 4.79 Å². The summed E-state index contributed by atoms with van der Waals surface area (Å²) in [5.74, 6) is -0.116. The Morgan fingerprint density at radius 2 is 2.00 bits per heavy atom. The van der Waals surface area contributed by atoms with E-state index in [0.29, 0.717) is 19.4 Å². The predicted molar refractivity (Wildman–Crippen MR) is 64.1 cm³/mol. The summed E-state index contributed by atoms with van der Waals surface area (Å²) in [5, 5.41) is 11.9. The summed E-state index contributed by atoms with van der Waals surface area (Å²) < 4.78 is 0. The standard InChI is InChI=1S/C10H22N2O2.ClH/c1-3-5-9(11)10(14)12-7-6-8(13)4-2;/h8-9,13H,3-7,11H2,1-2H3,(H,12,14);1H. The summed E-state index contributed by atoms with van der Waals surface area (Å²) in [6.45, 7) is 4.41. The van der Waals surface area contributed by atoms with Gasteiger partial charge in [-0.2, -0.15) is 0 Å². The van der Waals surface area contributed by atoms with Gasteiger partial charge in [0.05, 0.1) is 12.1 Å². The number of nitrogens with one attached hydrogen (secondary N) is 1. The van der Waals surface area contributed by atoms with E-state index in [1.807, 2.05) is 13.8 Å². The topological polar surface area (TPSA) is 75.4 Å². The Morgan fingerprint density at radius 1 is 1.40 bits per heavy atom. The zero-order valence-corrected chi connectivity index (χ0v) is 10.3. The van der Waals surface area contributed by atoms with Gasteiger partial charge in [-0.25, -0.2) is 0 Å². The van der Waals surface area contributed by atoms with Crippen molar-refractivity contribution in [1.82, 2.24) is 5.32 Å². The summed E-state index contributed by atoms with van der Waals surface area (Å²) in [6, 6.07) is -0.404. The van der Waals surface area contributed by atoms with Crippen LogP contribution in [0.2, 0.25) is 0 Å². The molecule has 0 rings (SSSR count). The molecule has 92 valence electrons. The number of carbonyl (C=O) groups is 1. The Morgan fingerprint density at radius 3 is 2.47 bits per heavy atom. The van der Waals surface area contributed by atoms with Crippen molar-refractivity contribution in [3.63, 3.8) is 0 Å². The van der Waals surface area contributed by atoms with Crippen LogP contribution in [-0.2, 0) is 4.79 Å². The van der Waals surface area contributed by atoms with Crippen LogP contribution in [-0.4, -0.2) is 29.7 Å². The van der Waals surface area contributed by atoms with E-state index in [1.165, 1.54) is 0 Å². The third-order valence-corrected chi connectivity index (χ3v) is 2.18. The first-order chi connectivity index (χ1) is 6.61. The number of halogens is 1. The molecule has 0 aliphatic heterocycles. The van der Waals surface area contributed by atoms with E-state index in [1.54, 1.807) is 0 Å². The lowest BCUT2D eigenvalue weighted by Crippen LogP contribution is -2.41. The fraction of sp³-hybridized carbons (Fsp3) is 0.900. The molecule has 0 aliphatic carbocycles. The Hall–Kier alpha value is -0.320. The lowest BCUT2D eigenvalue weighted by molar-refractivity contribution is -0.122. The average Bonchev–Trinajstić information content (AvgIpc) is 2.17. The Labute approximate surface area is 98.0 Å². The van der Waals surface area contributed by atoms with E-state index < -0.39 is 6.04 Å². The molecule has 0 saturated heterocycles. The highest BCUT2D eigenvalue weighted by molar-refractivity contribution is 5.85. The number of amides is 1. The van der Waals surface area contributed by atoms with Crippen molar-refractivity contribution in [1.29, 1.82) is 0 Å². The summed E-state index contributed by atoms with van der Waals surface area (Å²) in [5.41, 5.74) is 5.60. The van der Waals surface area contributed by atoms with Gasteiger partial charge in [0, 0.05) is 6.54 Å². The minimum atomic E-state index is -0.404. The van der Waals surface area contributed by atoms with Crippen LogP contribution in [0.4, 0.5) is 0 Å². The second-order valence-electron chi connectivity index (χ2n) is 3.54. The maximum Gasteiger partial charge on any atom is 0.236 e. The first-order valence-corrected chi connectivity index (χ1v) is 5.33. The molecular formula is C10H23ClN2O2. The first-order valence-electron chi connectivity index (χ1n) is 5.33. The van der Waals surface area contributed by atoms with Gasteiger partial charge in [0.1, 0.15) is 0 Å². The highest BCUT2D eigenvalue weighted by Crippen LogP contribution is 1.96. The first kappa shape index (κ1) is 17.1. The monoisotopic (exact) mass is 238 g/mol. The molecule has 0 aromatic rings. The zero-order valence-electron chi connectivity index (χ0n) is 9.53. The number of carbonyl (C=O) groups excluding carboxylic acids is 1. The molecule has 0 spiro atoms. The van der Waals surface area contributed by atoms with Crippen molar-refractivity contribution < 1.29 is 9.90 Å². The number of nitrogens with two attached hydrogens (primary N) is 1. The van der Waals surface area contributed by atoms with Crippen molar-refractivity contribution in [3.8, 4) is 0 Å². The molecule has 2 unspecified atom stereocenters. The maximum atomic E-state index is 11.3. The molecule has 4 nitrogen and oxygen atoms in total. The summed E-state index contributed by atoms with van der Waals surface area (Å²) in [7, 11) is 0. The van der Waals surface area contributed by atoms with Crippen molar-refractivity contribution in [2.75, 3.05) is 6.54 Å². The van der Waals surface area contributed by atoms with E-state index in [0.717, 1.165) is 12.8 Å². The van der Waals surface area contributed by atoms with Crippen LogP contribution in [0.25, 0.3) is 0 Å². The van der Waals surface area contributed by atoms with E-state index >= 15 is 0 Å². The van der Waals surface area contributed by atoms with Crippen LogP contribution < -0.4 is 11.1 Å². The van der Waals surface area contributed by atoms with Gasteiger partial charge in [0.25, 0.3) is 0 Å². The molecule has 5 heteroatoms. The van der Waals surface area contributed by atoms with E-state index in [4.69, 9.17) is 5.73 Å². The molecule has 2 atom stereocenters. The number of rotatable bonds is 7. The molecule has 0 radical (unpaired) electrons. The second kappa shape index (κ2) is 10.2. The zero-order chi connectivity index (χ0) is 11.0. The third kappa shape index (κ3) is 8.66. The van der Waals surface area contributed by atoms with Gasteiger partial charge in [0.2, 0.25) is 5.91 Å². The van der Waals surface area contributed by atoms with Gasteiger partial charge in [-0.15, -0.1) is 12.4 Å². The van der Waals surface area contributed by atoms with E-state index in [9.17, 15) is 9.90 Å². The second-order valence-corrected chi connectivity index (χ2v) is 3.54. The number of hydrogen-bond donors (Lipinski definition) is 3. The molecular weight excluding hydrogens is 216 g/mol. The third-order valence-electron chi connectivity index (χ3n) is 2.18. The Balaban J connectivity index is 0. The predicted octanol–water partition coefficient (Wildman–Crippen LogP) is 0.813. The van der Waals surface area contributed by atoms with Gasteiger partial charge >= 0.3 is 0 Å². The van der Waals surface area contributed by atoms with Crippen LogP contribution in [0.5, 0.6) is 0 Å². The van der Waals surface area contributed by atoms with Crippen LogP contribution in [0.3, 0.4) is 0 Å². The smallest absolute Gasteiger partial charge is 0.236 e. The molecule has 0 aromatic heterocycles. The molecule has 0 saturated carbocycles. The molecule has 0 aliphatic rings. The quantitative estimate of drug-likeness (QED) is 0.615. The molecule has 15 heavy (non-hydrogen) atoms. The fourth-order valence-electron chi connectivity index (χ4n) is 1.14. The van der Waals surface area contributed by atoms with Gasteiger partial charge in [0.15, 0.2) is 0 Å². The number of aliphatic hydroxyl groups excluding tert-OH is 1. The molecule has 0 aromatic carbocycles. The SMILES string of the molecule is CCCC(N)C(=O)NCCC(O)CC.Cl. The Kier molecular flexibility index (Phi) is 11.6. The largest absolute Gasteiger partial charge is 0.393 e. The van der Waals surface area contributed by atoms with Gasteiger partial charge in [-0.1, -0.05) is 20.3 Å². The summed E-state index contributed by atoms with van der Waals surface area (Å²) >= 11 is 0. The summed E-state index contributed by atoms with van der Waals surface area (Å²) in [4.78, 5) is 11.3. The van der Waals surface area contributed by atoms with Crippen molar-refractivity contribution >= 4 is 18.3 Å². The number of aliphatic hydroxyl groups is 1. The van der Waals surface area contributed by atoms with Crippen molar-refractivity contribution in [3.05, 3.63) is 0 Å². The maximum absolute atomic E-state index is 11.3. The highest BCUT2D eigenvalue weighted by Gasteiger charge is 2.11. The minimum absolute atomic E-state index is 0.